The Morgan fingerprint density at radius 2 is 1.35 bits per heavy atom. The summed E-state index contributed by atoms with van der Waals surface area (Å²) in [5.41, 5.74) is 4.39. The molecule has 0 amide bonds. The van der Waals surface area contributed by atoms with Gasteiger partial charge in [0, 0.05) is 0 Å². The third-order valence-corrected chi connectivity index (χ3v) is 3.48. The van der Waals surface area contributed by atoms with Gasteiger partial charge in [-0.25, -0.2) is 0 Å². The normalized spacial score (nSPS) is 14.2. The third-order valence-electron chi connectivity index (χ3n) is 3.48. The van der Waals surface area contributed by atoms with Gasteiger partial charge in [0.2, 0.25) is 0 Å². The Hall–Kier alpha value is -2.35. The predicted molar refractivity (Wildman–Crippen MR) is 79.8 cm³/mol. The highest BCUT2D eigenvalue weighted by Gasteiger charge is 2.44. The highest BCUT2D eigenvalue weighted by atomic mass is 16.5. The number of carbonyl (C=O) groups excluding carboxylic acids is 1. The van der Waals surface area contributed by atoms with E-state index in [9.17, 15) is 4.79 Å². The summed E-state index contributed by atoms with van der Waals surface area (Å²) in [4.78, 5) is 12.1. The van der Waals surface area contributed by atoms with Crippen LogP contribution in [0.1, 0.15) is 18.1 Å². The number of hydrogen-bond donors (Lipinski definition) is 0. The molecule has 0 atom stereocenters. The standard InChI is InChI=1S/C18H16O2/c1-2-20-18(19)17-15(13-9-5-3-6-10-13)16(17)14-11-7-4-8-12-14/h3-12,17H,2H2,1H3. The zero-order chi connectivity index (χ0) is 13.9. The molecule has 2 aromatic carbocycles. The van der Waals surface area contributed by atoms with Gasteiger partial charge in [-0.1, -0.05) is 60.7 Å². The van der Waals surface area contributed by atoms with Gasteiger partial charge in [0.05, 0.1) is 6.61 Å². The largest absolute Gasteiger partial charge is 0.465 e. The van der Waals surface area contributed by atoms with E-state index in [-0.39, 0.29) is 11.9 Å². The first-order valence-electron chi connectivity index (χ1n) is 6.84. The van der Waals surface area contributed by atoms with Crippen LogP contribution in [-0.4, -0.2) is 12.6 Å². The molecule has 1 aliphatic rings. The Morgan fingerprint density at radius 1 is 0.900 bits per heavy atom. The van der Waals surface area contributed by atoms with Gasteiger partial charge in [0.25, 0.3) is 0 Å². The average Bonchev–Trinajstić information content (AvgIpc) is 3.25. The third kappa shape index (κ3) is 2.25. The molecule has 3 rings (SSSR count). The first kappa shape index (κ1) is 12.7. The van der Waals surface area contributed by atoms with Crippen molar-refractivity contribution in [3.63, 3.8) is 0 Å². The molecule has 0 saturated heterocycles. The van der Waals surface area contributed by atoms with Gasteiger partial charge >= 0.3 is 5.97 Å². The van der Waals surface area contributed by atoms with Crippen molar-refractivity contribution in [3.05, 3.63) is 71.8 Å². The minimum atomic E-state index is -0.209. The van der Waals surface area contributed by atoms with E-state index in [1.54, 1.807) is 0 Å². The van der Waals surface area contributed by atoms with Crippen molar-refractivity contribution in [2.24, 2.45) is 5.92 Å². The molecule has 2 heteroatoms. The van der Waals surface area contributed by atoms with Crippen LogP contribution in [0.2, 0.25) is 0 Å². The number of hydrogen-bond acceptors (Lipinski definition) is 2. The first-order valence-corrected chi connectivity index (χ1v) is 6.84. The molecule has 0 heterocycles. The zero-order valence-electron chi connectivity index (χ0n) is 11.4. The lowest BCUT2D eigenvalue weighted by atomic mass is 10.1. The van der Waals surface area contributed by atoms with Crippen LogP contribution in [-0.2, 0) is 9.53 Å². The molecule has 0 radical (unpaired) electrons. The fourth-order valence-corrected chi connectivity index (χ4v) is 2.56. The Bertz CT molecular complexity index is 592. The molecule has 0 unspecified atom stereocenters. The Morgan fingerprint density at radius 3 is 1.75 bits per heavy atom. The van der Waals surface area contributed by atoms with Crippen LogP contribution in [0.5, 0.6) is 0 Å². The molecule has 0 saturated carbocycles. The van der Waals surface area contributed by atoms with Crippen molar-refractivity contribution in [1.82, 2.24) is 0 Å². The maximum Gasteiger partial charge on any atom is 0.317 e. The van der Waals surface area contributed by atoms with Crippen LogP contribution in [0.25, 0.3) is 11.1 Å². The topological polar surface area (TPSA) is 26.3 Å². The van der Waals surface area contributed by atoms with Gasteiger partial charge in [-0.05, 0) is 29.2 Å². The lowest BCUT2D eigenvalue weighted by molar-refractivity contribution is -0.143. The monoisotopic (exact) mass is 264 g/mol. The minimum absolute atomic E-state index is 0.148. The predicted octanol–water partition coefficient (Wildman–Crippen LogP) is 3.79. The summed E-state index contributed by atoms with van der Waals surface area (Å²) in [6.07, 6.45) is 0. The van der Waals surface area contributed by atoms with Gasteiger partial charge in [0.1, 0.15) is 5.92 Å². The molecule has 20 heavy (non-hydrogen) atoms. The van der Waals surface area contributed by atoms with Crippen LogP contribution in [0, 0.1) is 5.92 Å². The molecule has 0 fully saturated rings. The number of rotatable bonds is 4. The maximum atomic E-state index is 12.1. The lowest BCUT2D eigenvalue weighted by Crippen LogP contribution is -2.09. The summed E-state index contributed by atoms with van der Waals surface area (Å²) in [5.74, 6) is -0.357. The fraction of sp³-hybridized carbons (Fsp3) is 0.167. The number of ether oxygens (including phenoxy) is 1. The number of carbonyl (C=O) groups is 1. The van der Waals surface area contributed by atoms with E-state index in [2.05, 4.69) is 0 Å². The van der Waals surface area contributed by atoms with Crippen LogP contribution in [0.4, 0.5) is 0 Å². The second-order valence-corrected chi connectivity index (χ2v) is 4.74. The molecule has 0 bridgehead atoms. The molecular weight excluding hydrogens is 248 g/mol. The highest BCUT2D eigenvalue weighted by molar-refractivity contribution is 6.22. The minimum Gasteiger partial charge on any atom is -0.465 e. The van der Waals surface area contributed by atoms with E-state index >= 15 is 0 Å². The zero-order valence-corrected chi connectivity index (χ0v) is 11.4. The first-order chi connectivity index (χ1) is 9.83. The van der Waals surface area contributed by atoms with Crippen molar-refractivity contribution in [3.8, 4) is 0 Å². The van der Waals surface area contributed by atoms with Crippen LogP contribution < -0.4 is 0 Å². The molecule has 2 aromatic rings. The van der Waals surface area contributed by atoms with Crippen LogP contribution >= 0.6 is 0 Å². The molecule has 0 aromatic heterocycles. The summed E-state index contributed by atoms with van der Waals surface area (Å²) in [6.45, 7) is 2.25. The second kappa shape index (κ2) is 5.33. The van der Waals surface area contributed by atoms with Crippen molar-refractivity contribution >= 4 is 17.1 Å². The molecule has 0 spiro atoms. The molecule has 2 nitrogen and oxygen atoms in total. The molecular formula is C18H16O2. The van der Waals surface area contributed by atoms with E-state index in [0.717, 1.165) is 22.3 Å². The summed E-state index contributed by atoms with van der Waals surface area (Å²) in [5, 5.41) is 0. The van der Waals surface area contributed by atoms with Crippen LogP contribution in [0.3, 0.4) is 0 Å². The summed E-state index contributed by atoms with van der Waals surface area (Å²) < 4.78 is 5.19. The van der Waals surface area contributed by atoms with E-state index in [1.807, 2.05) is 67.6 Å². The fourth-order valence-electron chi connectivity index (χ4n) is 2.56. The quantitative estimate of drug-likeness (QED) is 0.785. The lowest BCUT2D eigenvalue weighted by Gasteiger charge is -2.02. The van der Waals surface area contributed by atoms with Gasteiger partial charge in [-0.2, -0.15) is 0 Å². The summed E-state index contributed by atoms with van der Waals surface area (Å²) >= 11 is 0. The SMILES string of the molecule is CCOC(=O)C1C(c2ccccc2)=C1c1ccccc1. The second-order valence-electron chi connectivity index (χ2n) is 4.74. The Kier molecular flexibility index (Phi) is 3.38. The maximum absolute atomic E-state index is 12.1. The molecule has 0 N–H and O–H groups in total. The van der Waals surface area contributed by atoms with Gasteiger partial charge in [0.15, 0.2) is 0 Å². The van der Waals surface area contributed by atoms with E-state index < -0.39 is 0 Å². The molecule has 0 aliphatic heterocycles. The molecule has 1 aliphatic carbocycles. The summed E-state index contributed by atoms with van der Waals surface area (Å²) in [7, 11) is 0. The Labute approximate surface area is 118 Å². The van der Waals surface area contributed by atoms with E-state index in [1.165, 1.54) is 0 Å². The Balaban J connectivity index is 1.98. The molecule has 100 valence electrons. The highest BCUT2D eigenvalue weighted by Crippen LogP contribution is 2.53. The van der Waals surface area contributed by atoms with Gasteiger partial charge in [-0.3, -0.25) is 4.79 Å². The number of benzene rings is 2. The van der Waals surface area contributed by atoms with Crippen molar-refractivity contribution < 1.29 is 9.53 Å². The number of esters is 1. The van der Waals surface area contributed by atoms with Gasteiger partial charge in [-0.15, -0.1) is 0 Å². The van der Waals surface area contributed by atoms with E-state index in [4.69, 9.17) is 4.74 Å². The van der Waals surface area contributed by atoms with Crippen molar-refractivity contribution in [2.75, 3.05) is 6.61 Å². The smallest absolute Gasteiger partial charge is 0.317 e. The summed E-state index contributed by atoms with van der Waals surface area (Å²) in [6, 6.07) is 20.1. The van der Waals surface area contributed by atoms with Crippen LogP contribution in [0.15, 0.2) is 60.7 Å². The van der Waals surface area contributed by atoms with Crippen molar-refractivity contribution in [1.29, 1.82) is 0 Å². The van der Waals surface area contributed by atoms with Crippen molar-refractivity contribution in [2.45, 2.75) is 6.92 Å². The van der Waals surface area contributed by atoms with E-state index in [0.29, 0.717) is 6.61 Å². The average molecular weight is 264 g/mol. The van der Waals surface area contributed by atoms with Gasteiger partial charge < -0.3 is 4.74 Å².